The first-order valence-electron chi connectivity index (χ1n) is 15.3. The second-order valence-electron chi connectivity index (χ2n) is 11.7. The highest BCUT2D eigenvalue weighted by Crippen LogP contribution is 2.46. The van der Waals surface area contributed by atoms with Crippen molar-refractivity contribution in [3.05, 3.63) is 170 Å². The zero-order valence-corrected chi connectivity index (χ0v) is 24.2. The predicted molar refractivity (Wildman–Crippen MR) is 190 cm³/mol. The summed E-state index contributed by atoms with van der Waals surface area (Å²) < 4.78 is 0. The van der Waals surface area contributed by atoms with Gasteiger partial charge in [0.2, 0.25) is 0 Å². The maximum atomic E-state index is 2.38. The molecule has 0 aliphatic heterocycles. The molecule has 9 rings (SSSR count). The molecule has 0 N–H and O–H groups in total. The molecule has 0 saturated heterocycles. The van der Waals surface area contributed by atoms with Crippen LogP contribution in [0.5, 0.6) is 0 Å². The fraction of sp³-hybridized carbons (Fsp3) is 0. The van der Waals surface area contributed by atoms with Crippen molar-refractivity contribution in [2.45, 2.75) is 0 Å². The van der Waals surface area contributed by atoms with E-state index in [0.29, 0.717) is 0 Å². The van der Waals surface area contributed by atoms with Gasteiger partial charge in [-0.05, 0) is 105 Å². The lowest BCUT2D eigenvalue weighted by Gasteiger charge is -2.19. The van der Waals surface area contributed by atoms with E-state index in [2.05, 4.69) is 170 Å². The van der Waals surface area contributed by atoms with Crippen LogP contribution in [0, 0.1) is 0 Å². The van der Waals surface area contributed by atoms with E-state index in [-0.39, 0.29) is 0 Å². The van der Waals surface area contributed by atoms with Crippen LogP contribution in [0.1, 0.15) is 0 Å². The third kappa shape index (κ3) is 3.92. The second kappa shape index (κ2) is 9.93. The van der Waals surface area contributed by atoms with Crippen LogP contribution in [0.2, 0.25) is 0 Å². The molecule has 0 spiro atoms. The third-order valence-electron chi connectivity index (χ3n) is 9.20. The Labute approximate surface area is 256 Å². The van der Waals surface area contributed by atoms with E-state index in [9.17, 15) is 0 Å². The van der Waals surface area contributed by atoms with Gasteiger partial charge in [-0.25, -0.2) is 0 Å². The molecule has 204 valence electrons. The fourth-order valence-electron chi connectivity index (χ4n) is 7.11. The first kappa shape index (κ1) is 24.8. The summed E-state index contributed by atoms with van der Waals surface area (Å²) in [5, 5.41) is 12.7. The molecule has 0 bridgehead atoms. The van der Waals surface area contributed by atoms with Crippen molar-refractivity contribution in [1.82, 2.24) is 0 Å². The van der Waals surface area contributed by atoms with Gasteiger partial charge in [0.05, 0.1) is 0 Å². The van der Waals surface area contributed by atoms with Crippen LogP contribution in [0.25, 0.3) is 87.2 Å². The molecule has 0 radical (unpaired) electrons. The Morgan fingerprint density at radius 1 is 0.227 bits per heavy atom. The van der Waals surface area contributed by atoms with Crippen molar-refractivity contribution in [3.8, 4) is 33.4 Å². The number of benzene rings is 9. The quantitative estimate of drug-likeness (QED) is 0.190. The molecule has 9 aromatic rings. The number of fused-ring (bicyclic) bond motifs is 5. The van der Waals surface area contributed by atoms with E-state index >= 15 is 0 Å². The molecule has 9 aromatic carbocycles. The average molecular weight is 557 g/mol. The molecule has 0 aliphatic rings. The van der Waals surface area contributed by atoms with E-state index in [1.54, 1.807) is 0 Å². The Kier molecular flexibility index (Phi) is 5.61. The summed E-state index contributed by atoms with van der Waals surface area (Å²) in [5.74, 6) is 0. The summed E-state index contributed by atoms with van der Waals surface area (Å²) in [7, 11) is 0. The topological polar surface area (TPSA) is 0 Å². The van der Waals surface area contributed by atoms with Crippen molar-refractivity contribution in [2.75, 3.05) is 0 Å². The van der Waals surface area contributed by atoms with E-state index in [1.807, 2.05) is 0 Å². The number of hydrogen-bond acceptors (Lipinski definition) is 0. The molecule has 0 nitrogen and oxygen atoms in total. The van der Waals surface area contributed by atoms with Gasteiger partial charge in [-0.2, -0.15) is 0 Å². The molecular weight excluding hydrogens is 528 g/mol. The van der Waals surface area contributed by atoms with Crippen molar-refractivity contribution in [2.24, 2.45) is 0 Å². The van der Waals surface area contributed by atoms with Crippen LogP contribution in [0.4, 0.5) is 0 Å². The lowest BCUT2D eigenvalue weighted by molar-refractivity contribution is 1.66. The van der Waals surface area contributed by atoms with Gasteiger partial charge in [-0.3, -0.25) is 0 Å². The molecule has 0 unspecified atom stereocenters. The van der Waals surface area contributed by atoms with Gasteiger partial charge in [0, 0.05) is 0 Å². The van der Waals surface area contributed by atoms with Gasteiger partial charge in [-0.1, -0.05) is 152 Å². The molecule has 0 amide bonds. The first-order valence-corrected chi connectivity index (χ1v) is 15.3. The lowest BCUT2D eigenvalue weighted by Crippen LogP contribution is -1.92. The van der Waals surface area contributed by atoms with Gasteiger partial charge in [0.25, 0.3) is 0 Å². The van der Waals surface area contributed by atoms with E-state index in [0.717, 1.165) is 0 Å². The van der Waals surface area contributed by atoms with E-state index < -0.39 is 0 Å². The Balaban J connectivity index is 1.33. The first-order chi connectivity index (χ1) is 21.8. The zero-order chi connectivity index (χ0) is 29.0. The minimum absolute atomic E-state index is 1.23. The SMILES string of the molecule is c1ccc2cc(-c3ccc4cccc(-c5c6ccccc6c(-c6ccc7ccccc7c6)c6ccccc56)c4c3)ccc2c1. The molecule has 0 atom stereocenters. The minimum atomic E-state index is 1.23. The molecule has 44 heavy (non-hydrogen) atoms. The van der Waals surface area contributed by atoms with Crippen molar-refractivity contribution < 1.29 is 0 Å². The van der Waals surface area contributed by atoms with Crippen LogP contribution in [-0.4, -0.2) is 0 Å². The maximum Gasteiger partial charge on any atom is -0.00201 e. The van der Waals surface area contributed by atoms with Gasteiger partial charge in [0.15, 0.2) is 0 Å². The Hall–Kier alpha value is -5.72. The Morgan fingerprint density at radius 3 is 1.27 bits per heavy atom. The molecule has 0 heteroatoms. The van der Waals surface area contributed by atoms with E-state index in [1.165, 1.54) is 87.2 Å². The van der Waals surface area contributed by atoms with Crippen molar-refractivity contribution >= 4 is 53.9 Å². The van der Waals surface area contributed by atoms with Crippen LogP contribution in [0.3, 0.4) is 0 Å². The summed E-state index contributed by atoms with van der Waals surface area (Å²) in [6, 6.07) is 62.4. The number of rotatable bonds is 3. The largest absolute Gasteiger partial charge is 0.0616 e. The summed E-state index contributed by atoms with van der Waals surface area (Å²) >= 11 is 0. The van der Waals surface area contributed by atoms with Crippen LogP contribution in [0.15, 0.2) is 170 Å². The highest BCUT2D eigenvalue weighted by molar-refractivity contribution is 6.24. The molecule has 0 heterocycles. The molecule has 0 saturated carbocycles. The van der Waals surface area contributed by atoms with Crippen molar-refractivity contribution in [3.63, 3.8) is 0 Å². The second-order valence-corrected chi connectivity index (χ2v) is 11.7. The van der Waals surface area contributed by atoms with Crippen LogP contribution in [-0.2, 0) is 0 Å². The molecular formula is C44H28. The molecule has 0 aliphatic carbocycles. The standard InChI is InChI=1S/C44H28/c1-3-12-32-26-34(23-20-29(32)10-1)35-24-22-31-14-9-19-41(42(31)28-35)44-39-17-7-5-15-37(39)43(38-16-6-8-18-40(38)44)36-25-21-30-11-2-4-13-33(30)27-36/h1-28H. The fourth-order valence-corrected chi connectivity index (χ4v) is 7.11. The molecule has 0 aromatic heterocycles. The summed E-state index contributed by atoms with van der Waals surface area (Å²) in [6.45, 7) is 0. The Bertz CT molecular complexity index is 2490. The summed E-state index contributed by atoms with van der Waals surface area (Å²) in [6.07, 6.45) is 0. The van der Waals surface area contributed by atoms with Crippen molar-refractivity contribution in [1.29, 1.82) is 0 Å². The molecule has 0 fully saturated rings. The maximum absolute atomic E-state index is 2.38. The van der Waals surface area contributed by atoms with Crippen LogP contribution < -0.4 is 0 Å². The minimum Gasteiger partial charge on any atom is -0.0616 e. The van der Waals surface area contributed by atoms with Gasteiger partial charge in [0.1, 0.15) is 0 Å². The van der Waals surface area contributed by atoms with Crippen LogP contribution >= 0.6 is 0 Å². The van der Waals surface area contributed by atoms with Gasteiger partial charge in [-0.15, -0.1) is 0 Å². The highest BCUT2D eigenvalue weighted by Gasteiger charge is 2.18. The average Bonchev–Trinajstić information content (AvgIpc) is 3.09. The highest BCUT2D eigenvalue weighted by atomic mass is 14.2. The monoisotopic (exact) mass is 556 g/mol. The normalized spacial score (nSPS) is 11.6. The predicted octanol–water partition coefficient (Wildman–Crippen LogP) is 12.5. The van der Waals surface area contributed by atoms with Gasteiger partial charge >= 0.3 is 0 Å². The summed E-state index contributed by atoms with van der Waals surface area (Å²) in [4.78, 5) is 0. The summed E-state index contributed by atoms with van der Waals surface area (Å²) in [5.41, 5.74) is 7.57. The van der Waals surface area contributed by atoms with E-state index in [4.69, 9.17) is 0 Å². The van der Waals surface area contributed by atoms with Gasteiger partial charge < -0.3 is 0 Å². The third-order valence-corrected chi connectivity index (χ3v) is 9.20. The number of hydrogen-bond donors (Lipinski definition) is 0. The smallest absolute Gasteiger partial charge is 0.00201 e. The zero-order valence-electron chi connectivity index (χ0n) is 24.2. The lowest BCUT2D eigenvalue weighted by atomic mass is 9.84. The Morgan fingerprint density at radius 2 is 0.659 bits per heavy atom.